The van der Waals surface area contributed by atoms with Crippen LogP contribution in [-0.4, -0.2) is 26.2 Å². The minimum absolute atomic E-state index is 0.124. The van der Waals surface area contributed by atoms with Crippen molar-refractivity contribution in [1.82, 2.24) is 15.2 Å². The van der Waals surface area contributed by atoms with Gasteiger partial charge in [-0.1, -0.05) is 6.07 Å². The van der Waals surface area contributed by atoms with Crippen molar-refractivity contribution >= 4 is 11.6 Å². The van der Waals surface area contributed by atoms with Crippen molar-refractivity contribution in [3.63, 3.8) is 0 Å². The summed E-state index contributed by atoms with van der Waals surface area (Å²) in [6.07, 6.45) is 3.07. The van der Waals surface area contributed by atoms with Crippen LogP contribution >= 0.6 is 0 Å². The number of pyridine rings is 1. The van der Waals surface area contributed by atoms with Gasteiger partial charge in [-0.3, -0.25) is 4.79 Å². The molecule has 0 saturated heterocycles. The number of nitrogens with zero attached hydrogens (tertiary/aromatic N) is 3. The van der Waals surface area contributed by atoms with Crippen LogP contribution < -0.4 is 11.5 Å². The second-order valence-corrected chi connectivity index (χ2v) is 5.71. The van der Waals surface area contributed by atoms with E-state index in [1.54, 1.807) is 25.1 Å². The lowest BCUT2D eigenvalue weighted by Gasteiger charge is -2.16. The standard InChI is InChI=1S/C18H17N5O2/c1-9-3-4-14(24)10(2)15(9)17-16(19)12(18(20)25)7-13(23-17)11-5-6-21-22-8-11/h3-8,24H,19H2,1-2H3,(H2,20,25). The molecule has 0 unspecified atom stereocenters. The van der Waals surface area contributed by atoms with Gasteiger partial charge in [-0.15, -0.1) is 0 Å². The van der Waals surface area contributed by atoms with Gasteiger partial charge in [-0.2, -0.15) is 10.2 Å². The maximum Gasteiger partial charge on any atom is 0.250 e. The van der Waals surface area contributed by atoms with E-state index in [4.69, 9.17) is 11.5 Å². The Bertz CT molecular complexity index is 971. The number of primary amides is 1. The third kappa shape index (κ3) is 2.87. The molecule has 0 aliphatic rings. The molecule has 1 aromatic carbocycles. The van der Waals surface area contributed by atoms with Gasteiger partial charge in [0.25, 0.3) is 5.91 Å². The minimum atomic E-state index is -0.653. The lowest BCUT2D eigenvalue weighted by molar-refractivity contribution is 0.100. The summed E-state index contributed by atoms with van der Waals surface area (Å²) in [5.41, 5.74) is 15.7. The number of carbonyl (C=O) groups excluding carboxylic acids is 1. The van der Waals surface area contributed by atoms with E-state index in [2.05, 4.69) is 15.2 Å². The molecular weight excluding hydrogens is 318 g/mol. The summed E-state index contributed by atoms with van der Waals surface area (Å²) in [4.78, 5) is 16.5. The number of hydrogen-bond acceptors (Lipinski definition) is 6. The van der Waals surface area contributed by atoms with Gasteiger partial charge in [0.1, 0.15) is 5.75 Å². The largest absolute Gasteiger partial charge is 0.508 e. The maximum absolute atomic E-state index is 11.9. The number of nitrogen functional groups attached to an aromatic ring is 1. The Kier molecular flexibility index (Phi) is 4.06. The van der Waals surface area contributed by atoms with Crippen molar-refractivity contribution in [2.24, 2.45) is 5.73 Å². The van der Waals surface area contributed by atoms with Crippen molar-refractivity contribution in [2.45, 2.75) is 13.8 Å². The zero-order valence-corrected chi connectivity index (χ0v) is 13.8. The molecule has 0 bridgehead atoms. The maximum atomic E-state index is 11.9. The van der Waals surface area contributed by atoms with Crippen LogP contribution in [0.25, 0.3) is 22.5 Å². The van der Waals surface area contributed by atoms with Crippen LogP contribution in [0.4, 0.5) is 5.69 Å². The molecule has 126 valence electrons. The van der Waals surface area contributed by atoms with Crippen LogP contribution in [0.5, 0.6) is 5.75 Å². The zero-order chi connectivity index (χ0) is 18.1. The molecule has 0 saturated carbocycles. The Balaban J connectivity index is 2.36. The monoisotopic (exact) mass is 335 g/mol. The molecule has 0 aliphatic carbocycles. The van der Waals surface area contributed by atoms with Crippen LogP contribution in [0.1, 0.15) is 21.5 Å². The van der Waals surface area contributed by atoms with Crippen molar-refractivity contribution in [1.29, 1.82) is 0 Å². The average molecular weight is 335 g/mol. The number of benzene rings is 1. The second-order valence-electron chi connectivity index (χ2n) is 5.71. The van der Waals surface area contributed by atoms with Gasteiger partial charge in [0.2, 0.25) is 0 Å². The Hall–Kier alpha value is -3.48. The van der Waals surface area contributed by atoms with Gasteiger partial charge in [0.05, 0.1) is 35.0 Å². The SMILES string of the molecule is Cc1ccc(O)c(C)c1-c1nc(-c2ccnnc2)cc(C(N)=O)c1N. The lowest BCUT2D eigenvalue weighted by atomic mass is 9.95. The smallest absolute Gasteiger partial charge is 0.250 e. The quantitative estimate of drug-likeness (QED) is 0.673. The van der Waals surface area contributed by atoms with E-state index >= 15 is 0 Å². The van der Waals surface area contributed by atoms with Crippen LogP contribution in [0.3, 0.4) is 0 Å². The van der Waals surface area contributed by atoms with E-state index in [-0.39, 0.29) is 17.0 Å². The minimum Gasteiger partial charge on any atom is -0.508 e. The van der Waals surface area contributed by atoms with Crippen LogP contribution in [-0.2, 0) is 0 Å². The molecule has 0 aliphatic heterocycles. The fourth-order valence-corrected chi connectivity index (χ4v) is 2.74. The highest BCUT2D eigenvalue weighted by Gasteiger charge is 2.20. The first kappa shape index (κ1) is 16.4. The normalized spacial score (nSPS) is 10.6. The summed E-state index contributed by atoms with van der Waals surface area (Å²) >= 11 is 0. The number of phenolic OH excluding ortho intramolecular Hbond substituents is 1. The van der Waals surface area contributed by atoms with E-state index in [1.165, 1.54) is 18.5 Å². The highest BCUT2D eigenvalue weighted by molar-refractivity contribution is 6.02. The van der Waals surface area contributed by atoms with Gasteiger partial charge in [0, 0.05) is 16.7 Å². The predicted molar refractivity (Wildman–Crippen MR) is 94.8 cm³/mol. The van der Waals surface area contributed by atoms with Gasteiger partial charge in [-0.05, 0) is 37.6 Å². The number of aryl methyl sites for hydroxylation is 1. The average Bonchev–Trinajstić information content (AvgIpc) is 2.60. The fourth-order valence-electron chi connectivity index (χ4n) is 2.74. The summed E-state index contributed by atoms with van der Waals surface area (Å²) in [7, 11) is 0. The molecular formula is C18H17N5O2. The lowest BCUT2D eigenvalue weighted by Crippen LogP contribution is -2.15. The molecule has 0 fully saturated rings. The third-order valence-corrected chi connectivity index (χ3v) is 4.09. The fraction of sp³-hybridized carbons (Fsp3) is 0.111. The number of amides is 1. The summed E-state index contributed by atoms with van der Waals surface area (Å²) in [5.74, 6) is -0.529. The molecule has 25 heavy (non-hydrogen) atoms. The molecule has 7 nitrogen and oxygen atoms in total. The molecule has 3 aromatic rings. The summed E-state index contributed by atoms with van der Waals surface area (Å²) in [6.45, 7) is 3.65. The van der Waals surface area contributed by atoms with Gasteiger partial charge in [0.15, 0.2) is 0 Å². The van der Waals surface area contributed by atoms with E-state index in [0.717, 1.165) is 5.56 Å². The van der Waals surface area contributed by atoms with Crippen molar-refractivity contribution in [3.05, 3.63) is 53.3 Å². The van der Waals surface area contributed by atoms with E-state index in [0.29, 0.717) is 28.1 Å². The Morgan fingerprint density at radius 1 is 1.16 bits per heavy atom. The number of hydrogen-bond donors (Lipinski definition) is 3. The number of phenols is 1. The molecule has 2 aromatic heterocycles. The van der Waals surface area contributed by atoms with E-state index in [9.17, 15) is 9.90 Å². The van der Waals surface area contributed by atoms with Crippen molar-refractivity contribution in [3.8, 4) is 28.3 Å². The Morgan fingerprint density at radius 3 is 2.56 bits per heavy atom. The van der Waals surface area contributed by atoms with Gasteiger partial charge >= 0.3 is 0 Å². The second kappa shape index (κ2) is 6.20. The topological polar surface area (TPSA) is 128 Å². The van der Waals surface area contributed by atoms with Gasteiger partial charge < -0.3 is 16.6 Å². The Morgan fingerprint density at radius 2 is 1.92 bits per heavy atom. The zero-order valence-electron chi connectivity index (χ0n) is 13.8. The summed E-state index contributed by atoms with van der Waals surface area (Å²) in [6, 6.07) is 6.63. The molecule has 0 spiro atoms. The molecule has 3 rings (SSSR count). The molecule has 7 heteroatoms. The first-order valence-electron chi connectivity index (χ1n) is 7.57. The summed E-state index contributed by atoms with van der Waals surface area (Å²) < 4.78 is 0. The van der Waals surface area contributed by atoms with Crippen LogP contribution in [0, 0.1) is 13.8 Å². The molecule has 5 N–H and O–H groups in total. The Labute approximate surface area is 144 Å². The number of rotatable bonds is 3. The highest BCUT2D eigenvalue weighted by Crippen LogP contribution is 2.37. The first-order chi connectivity index (χ1) is 11.9. The number of nitrogens with two attached hydrogens (primary N) is 2. The van der Waals surface area contributed by atoms with Crippen LogP contribution in [0.2, 0.25) is 0 Å². The van der Waals surface area contributed by atoms with E-state index in [1.807, 2.05) is 6.92 Å². The van der Waals surface area contributed by atoms with Gasteiger partial charge in [-0.25, -0.2) is 4.98 Å². The predicted octanol–water partition coefficient (Wildman–Crippen LogP) is 2.21. The number of aromatic hydroxyl groups is 1. The van der Waals surface area contributed by atoms with Crippen molar-refractivity contribution in [2.75, 3.05) is 5.73 Å². The summed E-state index contributed by atoms with van der Waals surface area (Å²) in [5, 5.41) is 17.6. The number of anilines is 1. The molecule has 1 amide bonds. The van der Waals surface area contributed by atoms with E-state index < -0.39 is 5.91 Å². The molecule has 0 radical (unpaired) electrons. The first-order valence-corrected chi connectivity index (χ1v) is 7.57. The highest BCUT2D eigenvalue weighted by atomic mass is 16.3. The van der Waals surface area contributed by atoms with Crippen LogP contribution in [0.15, 0.2) is 36.7 Å². The number of aromatic nitrogens is 3. The number of carbonyl (C=O) groups is 1. The third-order valence-electron chi connectivity index (χ3n) is 4.09. The molecule has 0 atom stereocenters. The van der Waals surface area contributed by atoms with Crippen molar-refractivity contribution < 1.29 is 9.90 Å². The molecule has 2 heterocycles.